The van der Waals surface area contributed by atoms with Crippen molar-refractivity contribution < 1.29 is 0 Å². The molecule has 0 radical (unpaired) electrons. The van der Waals surface area contributed by atoms with Crippen LogP contribution in [0.3, 0.4) is 0 Å². The summed E-state index contributed by atoms with van der Waals surface area (Å²) in [5.41, 5.74) is 5.55. The van der Waals surface area contributed by atoms with Crippen LogP contribution in [0.5, 0.6) is 0 Å². The molecule has 1 unspecified atom stereocenters. The molecule has 2 aromatic rings. The number of benzene rings is 1. The molecule has 21 heavy (non-hydrogen) atoms. The van der Waals surface area contributed by atoms with E-state index in [-0.39, 0.29) is 0 Å². The Balaban J connectivity index is 1.66. The van der Waals surface area contributed by atoms with Crippen molar-refractivity contribution in [1.29, 1.82) is 0 Å². The predicted molar refractivity (Wildman–Crippen MR) is 84.4 cm³/mol. The lowest BCUT2D eigenvalue weighted by atomic mass is 9.87. The minimum Gasteiger partial charge on any atom is -0.363 e. The molecule has 1 N–H and O–H groups in total. The number of rotatable bonds is 2. The Morgan fingerprint density at radius 1 is 0.952 bits per heavy atom. The standard InChI is InChI=1S/C18H21N3/c1-2-8-14-13(6-1)7-5-11-17(14)21-18-15-9-3-4-10-16(15)19-12-20-18/h1-2,6,8,12,17H,3-5,7,9-11H2,(H,19,20,21). The molecule has 4 rings (SSSR count). The van der Waals surface area contributed by atoms with Crippen LogP contribution in [0.15, 0.2) is 30.6 Å². The monoisotopic (exact) mass is 279 g/mol. The number of aromatic nitrogens is 2. The SMILES string of the molecule is c1ccc2c(c1)CCCC2Nc1ncnc2c1CCCC2. The molecule has 0 aliphatic heterocycles. The van der Waals surface area contributed by atoms with Crippen molar-refractivity contribution in [2.75, 3.05) is 5.32 Å². The fraction of sp³-hybridized carbons (Fsp3) is 0.444. The Morgan fingerprint density at radius 2 is 1.86 bits per heavy atom. The maximum Gasteiger partial charge on any atom is 0.133 e. The minimum absolute atomic E-state index is 0.399. The van der Waals surface area contributed by atoms with Gasteiger partial charge in [0.15, 0.2) is 0 Å². The Morgan fingerprint density at radius 3 is 2.86 bits per heavy atom. The van der Waals surface area contributed by atoms with Gasteiger partial charge in [0.2, 0.25) is 0 Å². The van der Waals surface area contributed by atoms with Crippen LogP contribution in [0.25, 0.3) is 0 Å². The van der Waals surface area contributed by atoms with E-state index in [1.165, 1.54) is 54.5 Å². The van der Waals surface area contributed by atoms with Gasteiger partial charge in [-0.3, -0.25) is 0 Å². The van der Waals surface area contributed by atoms with Crippen molar-refractivity contribution in [3.63, 3.8) is 0 Å². The van der Waals surface area contributed by atoms with E-state index in [9.17, 15) is 0 Å². The molecule has 1 aromatic carbocycles. The van der Waals surface area contributed by atoms with E-state index in [4.69, 9.17) is 0 Å². The van der Waals surface area contributed by atoms with Crippen LogP contribution in [0, 0.1) is 0 Å². The zero-order chi connectivity index (χ0) is 14.1. The van der Waals surface area contributed by atoms with Gasteiger partial charge in [-0.2, -0.15) is 0 Å². The highest BCUT2D eigenvalue weighted by atomic mass is 15.0. The number of hydrogen-bond acceptors (Lipinski definition) is 3. The number of anilines is 1. The summed E-state index contributed by atoms with van der Waals surface area (Å²) in [5.74, 6) is 1.07. The van der Waals surface area contributed by atoms with Gasteiger partial charge in [-0.1, -0.05) is 24.3 Å². The number of nitrogens with zero attached hydrogens (tertiary/aromatic N) is 2. The Labute approximate surface area is 125 Å². The lowest BCUT2D eigenvalue weighted by Gasteiger charge is -2.28. The molecule has 1 atom stereocenters. The summed E-state index contributed by atoms with van der Waals surface area (Å²) >= 11 is 0. The third kappa shape index (κ3) is 2.41. The van der Waals surface area contributed by atoms with Crippen molar-refractivity contribution in [3.8, 4) is 0 Å². The summed E-state index contributed by atoms with van der Waals surface area (Å²) in [4.78, 5) is 9.00. The largest absolute Gasteiger partial charge is 0.363 e. The Kier molecular flexibility index (Phi) is 3.34. The molecular formula is C18H21N3. The van der Waals surface area contributed by atoms with Gasteiger partial charge in [0.05, 0.1) is 6.04 Å². The van der Waals surface area contributed by atoms with Gasteiger partial charge >= 0.3 is 0 Å². The van der Waals surface area contributed by atoms with Gasteiger partial charge < -0.3 is 5.32 Å². The van der Waals surface area contributed by atoms with E-state index in [1.54, 1.807) is 6.33 Å². The van der Waals surface area contributed by atoms with E-state index in [0.29, 0.717) is 6.04 Å². The van der Waals surface area contributed by atoms with Gasteiger partial charge in [-0.25, -0.2) is 9.97 Å². The van der Waals surface area contributed by atoms with E-state index in [0.717, 1.165) is 18.7 Å². The molecule has 3 heteroatoms. The molecule has 0 fully saturated rings. The number of aryl methyl sites for hydroxylation is 2. The zero-order valence-corrected chi connectivity index (χ0v) is 12.3. The van der Waals surface area contributed by atoms with Crippen molar-refractivity contribution in [2.45, 2.75) is 51.0 Å². The summed E-state index contributed by atoms with van der Waals surface area (Å²) in [6.07, 6.45) is 10.1. The van der Waals surface area contributed by atoms with Crippen LogP contribution >= 0.6 is 0 Å². The molecule has 0 spiro atoms. The second-order valence-electron chi connectivity index (χ2n) is 6.14. The van der Waals surface area contributed by atoms with Crippen LogP contribution in [0.1, 0.15) is 54.1 Å². The average molecular weight is 279 g/mol. The molecule has 2 aliphatic rings. The quantitative estimate of drug-likeness (QED) is 0.907. The highest BCUT2D eigenvalue weighted by Crippen LogP contribution is 2.34. The van der Waals surface area contributed by atoms with E-state index in [1.807, 2.05) is 0 Å². The number of fused-ring (bicyclic) bond motifs is 2. The first-order valence-electron chi connectivity index (χ1n) is 8.09. The van der Waals surface area contributed by atoms with E-state index >= 15 is 0 Å². The summed E-state index contributed by atoms with van der Waals surface area (Å²) in [6, 6.07) is 9.22. The van der Waals surface area contributed by atoms with E-state index < -0.39 is 0 Å². The van der Waals surface area contributed by atoms with E-state index in [2.05, 4.69) is 39.6 Å². The van der Waals surface area contributed by atoms with Crippen molar-refractivity contribution in [1.82, 2.24) is 9.97 Å². The van der Waals surface area contributed by atoms with Crippen LogP contribution in [0.4, 0.5) is 5.82 Å². The summed E-state index contributed by atoms with van der Waals surface area (Å²) in [5, 5.41) is 3.71. The Hall–Kier alpha value is -1.90. The fourth-order valence-electron chi connectivity index (χ4n) is 3.71. The predicted octanol–water partition coefficient (Wildman–Crippen LogP) is 3.84. The van der Waals surface area contributed by atoms with Gasteiger partial charge in [-0.05, 0) is 56.1 Å². The van der Waals surface area contributed by atoms with Crippen LogP contribution in [-0.2, 0) is 19.3 Å². The molecule has 0 saturated heterocycles. The van der Waals surface area contributed by atoms with Gasteiger partial charge in [0.1, 0.15) is 12.1 Å². The van der Waals surface area contributed by atoms with Crippen LogP contribution in [0.2, 0.25) is 0 Å². The molecule has 1 aromatic heterocycles. The molecule has 1 heterocycles. The third-order valence-electron chi connectivity index (χ3n) is 4.81. The third-order valence-corrected chi connectivity index (χ3v) is 4.81. The van der Waals surface area contributed by atoms with Crippen LogP contribution in [-0.4, -0.2) is 9.97 Å². The normalized spacial score (nSPS) is 20.5. The van der Waals surface area contributed by atoms with Crippen LogP contribution < -0.4 is 5.32 Å². The van der Waals surface area contributed by atoms with Gasteiger partial charge in [0.25, 0.3) is 0 Å². The number of hydrogen-bond donors (Lipinski definition) is 1. The highest BCUT2D eigenvalue weighted by molar-refractivity contribution is 5.50. The molecule has 0 saturated carbocycles. The topological polar surface area (TPSA) is 37.8 Å². The average Bonchev–Trinajstić information content (AvgIpc) is 2.56. The maximum atomic E-state index is 4.54. The molecule has 3 nitrogen and oxygen atoms in total. The Bertz CT molecular complexity index is 651. The zero-order valence-electron chi connectivity index (χ0n) is 12.3. The second-order valence-corrected chi connectivity index (χ2v) is 6.14. The second kappa shape index (κ2) is 5.47. The first-order chi connectivity index (χ1) is 10.4. The van der Waals surface area contributed by atoms with Gasteiger partial charge in [-0.15, -0.1) is 0 Å². The molecule has 108 valence electrons. The molecule has 0 bridgehead atoms. The van der Waals surface area contributed by atoms with Gasteiger partial charge in [0, 0.05) is 11.3 Å². The first kappa shape index (κ1) is 12.8. The highest BCUT2D eigenvalue weighted by Gasteiger charge is 2.22. The molecule has 2 aliphatic carbocycles. The first-order valence-corrected chi connectivity index (χ1v) is 8.09. The molecular weight excluding hydrogens is 258 g/mol. The summed E-state index contributed by atoms with van der Waals surface area (Å²) < 4.78 is 0. The maximum absolute atomic E-state index is 4.54. The summed E-state index contributed by atoms with van der Waals surface area (Å²) in [6.45, 7) is 0. The number of nitrogens with one attached hydrogen (secondary N) is 1. The summed E-state index contributed by atoms with van der Waals surface area (Å²) in [7, 11) is 0. The van der Waals surface area contributed by atoms with Crippen molar-refractivity contribution >= 4 is 5.82 Å². The fourth-order valence-corrected chi connectivity index (χ4v) is 3.71. The van der Waals surface area contributed by atoms with Crippen molar-refractivity contribution in [3.05, 3.63) is 53.0 Å². The smallest absolute Gasteiger partial charge is 0.133 e. The van der Waals surface area contributed by atoms with Crippen molar-refractivity contribution in [2.24, 2.45) is 0 Å². The lowest BCUT2D eigenvalue weighted by Crippen LogP contribution is -2.20. The molecule has 0 amide bonds. The minimum atomic E-state index is 0.399. The lowest BCUT2D eigenvalue weighted by molar-refractivity contribution is 0.594.